The fourth-order valence-corrected chi connectivity index (χ4v) is 5.33. The van der Waals surface area contributed by atoms with Crippen molar-refractivity contribution in [2.24, 2.45) is 0 Å². The third kappa shape index (κ3) is 3.83. The number of thiazole rings is 1. The van der Waals surface area contributed by atoms with Gasteiger partial charge in [0.2, 0.25) is 5.13 Å². The number of aromatic nitrogens is 3. The highest BCUT2D eigenvalue weighted by molar-refractivity contribution is 9.10. The first kappa shape index (κ1) is 20.9. The van der Waals surface area contributed by atoms with Crippen LogP contribution in [-0.4, -0.2) is 14.8 Å². The van der Waals surface area contributed by atoms with E-state index in [0.29, 0.717) is 0 Å². The Labute approximate surface area is 200 Å². The summed E-state index contributed by atoms with van der Waals surface area (Å²) in [5, 5.41) is 5.90. The van der Waals surface area contributed by atoms with Gasteiger partial charge in [-0.1, -0.05) is 101 Å². The molecule has 3 aromatic carbocycles. The van der Waals surface area contributed by atoms with Crippen molar-refractivity contribution in [3.8, 4) is 38.9 Å². The van der Waals surface area contributed by atoms with Crippen LogP contribution in [0.15, 0.2) is 83.3 Å². The summed E-state index contributed by atoms with van der Waals surface area (Å²) in [6.07, 6.45) is 0. The maximum Gasteiger partial charge on any atom is 0.211 e. The Balaban J connectivity index is 1.72. The predicted molar refractivity (Wildman–Crippen MR) is 137 cm³/mol. The van der Waals surface area contributed by atoms with E-state index < -0.39 is 0 Å². The third-order valence-corrected chi connectivity index (χ3v) is 7.19. The fourth-order valence-electron chi connectivity index (χ4n) is 3.73. The minimum Gasteiger partial charge on any atom is -0.218 e. The summed E-state index contributed by atoms with van der Waals surface area (Å²) < 4.78 is 2.95. The zero-order valence-corrected chi connectivity index (χ0v) is 20.5. The Morgan fingerprint density at radius 1 is 0.688 bits per heavy atom. The molecule has 2 aromatic heterocycles. The molecule has 0 fully saturated rings. The van der Waals surface area contributed by atoms with E-state index in [2.05, 4.69) is 97.4 Å². The second-order valence-electron chi connectivity index (χ2n) is 7.92. The van der Waals surface area contributed by atoms with Gasteiger partial charge < -0.3 is 0 Å². The monoisotopic (exact) mass is 499 g/mol. The Morgan fingerprint density at radius 3 is 1.88 bits per heavy atom. The summed E-state index contributed by atoms with van der Waals surface area (Å²) in [6.45, 7) is 6.32. The number of hydrogen-bond donors (Lipinski definition) is 0. The molecule has 0 amide bonds. The van der Waals surface area contributed by atoms with Crippen LogP contribution in [0.5, 0.6) is 0 Å². The normalized spacial score (nSPS) is 11.1. The van der Waals surface area contributed by atoms with E-state index in [1.165, 1.54) is 16.0 Å². The van der Waals surface area contributed by atoms with Gasteiger partial charge in [-0.25, -0.2) is 9.67 Å². The van der Waals surface area contributed by atoms with E-state index in [1.54, 1.807) is 11.3 Å². The number of benzene rings is 3. The molecular weight excluding hydrogens is 478 g/mol. The van der Waals surface area contributed by atoms with Gasteiger partial charge in [-0.3, -0.25) is 0 Å². The number of aryl methyl sites for hydroxylation is 3. The van der Waals surface area contributed by atoms with Gasteiger partial charge >= 0.3 is 0 Å². The van der Waals surface area contributed by atoms with E-state index in [0.717, 1.165) is 43.4 Å². The van der Waals surface area contributed by atoms with E-state index in [4.69, 9.17) is 10.1 Å². The lowest BCUT2D eigenvalue weighted by molar-refractivity contribution is 0.881. The Morgan fingerprint density at radius 2 is 1.25 bits per heavy atom. The lowest BCUT2D eigenvalue weighted by Gasteiger charge is -2.06. The van der Waals surface area contributed by atoms with Crippen molar-refractivity contribution < 1.29 is 0 Å². The molecule has 0 N–H and O–H groups in total. The molecule has 5 rings (SSSR count). The number of halogens is 1. The van der Waals surface area contributed by atoms with Crippen LogP contribution < -0.4 is 0 Å². The fraction of sp³-hybridized carbons (Fsp3) is 0.111. The molecule has 0 saturated carbocycles. The van der Waals surface area contributed by atoms with Gasteiger partial charge in [0.15, 0.2) is 0 Å². The summed E-state index contributed by atoms with van der Waals surface area (Å²) in [7, 11) is 0. The largest absolute Gasteiger partial charge is 0.218 e. The standard InChI is InChI=1S/C27H22BrN3S/c1-17-9-13-21(14-10-17)25-23(28)26(22-15-11-18(2)12-16-22)31(30-25)27-29-24(19(3)32-27)20-7-5-4-6-8-20/h4-16H,1-3H3. The zero-order chi connectivity index (χ0) is 22.2. The number of nitrogens with zero attached hydrogens (tertiary/aromatic N) is 3. The van der Waals surface area contributed by atoms with Gasteiger partial charge in [-0.05, 0) is 36.7 Å². The van der Waals surface area contributed by atoms with Crippen LogP contribution >= 0.6 is 27.3 Å². The van der Waals surface area contributed by atoms with E-state index in [-0.39, 0.29) is 0 Å². The summed E-state index contributed by atoms with van der Waals surface area (Å²) in [6, 6.07) is 27.4. The molecule has 5 aromatic rings. The van der Waals surface area contributed by atoms with Crippen LogP contribution in [0.2, 0.25) is 0 Å². The van der Waals surface area contributed by atoms with Gasteiger partial charge in [-0.15, -0.1) is 0 Å². The van der Waals surface area contributed by atoms with Crippen molar-refractivity contribution in [3.63, 3.8) is 0 Å². The molecule has 0 spiro atoms. The highest BCUT2D eigenvalue weighted by atomic mass is 79.9. The summed E-state index contributed by atoms with van der Waals surface area (Å²) in [4.78, 5) is 6.19. The second kappa shape index (κ2) is 8.49. The van der Waals surface area contributed by atoms with Crippen molar-refractivity contribution in [2.45, 2.75) is 20.8 Å². The first-order chi connectivity index (χ1) is 15.5. The minimum atomic E-state index is 0.857. The van der Waals surface area contributed by atoms with Crippen molar-refractivity contribution in [1.82, 2.24) is 14.8 Å². The Hall–Kier alpha value is -3.02. The van der Waals surface area contributed by atoms with Crippen LogP contribution in [0.1, 0.15) is 16.0 Å². The average Bonchev–Trinajstić information content (AvgIpc) is 3.36. The maximum absolute atomic E-state index is 5.04. The Bertz CT molecular complexity index is 1380. The smallest absolute Gasteiger partial charge is 0.211 e. The molecule has 0 atom stereocenters. The van der Waals surface area contributed by atoms with Gasteiger partial charge in [-0.2, -0.15) is 5.10 Å². The van der Waals surface area contributed by atoms with Gasteiger partial charge in [0.25, 0.3) is 0 Å². The quantitative estimate of drug-likeness (QED) is 0.250. The SMILES string of the molecule is Cc1ccc(-c2nn(-c3nc(-c4ccccc4)c(C)s3)c(-c3ccc(C)cc3)c2Br)cc1. The topological polar surface area (TPSA) is 30.7 Å². The summed E-state index contributed by atoms with van der Waals surface area (Å²) in [5.74, 6) is 0. The molecule has 0 radical (unpaired) electrons. The molecule has 5 heteroatoms. The summed E-state index contributed by atoms with van der Waals surface area (Å²) >= 11 is 5.54. The molecule has 2 heterocycles. The average molecular weight is 500 g/mol. The molecule has 32 heavy (non-hydrogen) atoms. The van der Waals surface area contributed by atoms with Crippen LogP contribution in [0, 0.1) is 20.8 Å². The predicted octanol–water partition coefficient (Wildman–Crippen LogP) is 8.02. The van der Waals surface area contributed by atoms with Crippen molar-refractivity contribution >= 4 is 27.3 Å². The molecule has 0 saturated heterocycles. The van der Waals surface area contributed by atoms with Gasteiger partial charge in [0, 0.05) is 21.6 Å². The highest BCUT2D eigenvalue weighted by Gasteiger charge is 2.22. The van der Waals surface area contributed by atoms with Gasteiger partial charge in [0.05, 0.1) is 15.9 Å². The molecule has 3 nitrogen and oxygen atoms in total. The third-order valence-electron chi connectivity index (χ3n) is 5.49. The molecule has 0 aliphatic carbocycles. The first-order valence-electron chi connectivity index (χ1n) is 10.5. The van der Waals surface area contributed by atoms with Crippen molar-refractivity contribution in [3.05, 3.63) is 99.3 Å². The second-order valence-corrected chi connectivity index (χ2v) is 9.90. The van der Waals surface area contributed by atoms with E-state index in [9.17, 15) is 0 Å². The molecule has 0 aliphatic heterocycles. The van der Waals surface area contributed by atoms with E-state index in [1.807, 2.05) is 22.9 Å². The van der Waals surface area contributed by atoms with E-state index >= 15 is 0 Å². The molecular formula is C27H22BrN3S. The zero-order valence-electron chi connectivity index (χ0n) is 18.1. The van der Waals surface area contributed by atoms with Crippen LogP contribution in [0.25, 0.3) is 38.9 Å². The van der Waals surface area contributed by atoms with Crippen LogP contribution in [0.3, 0.4) is 0 Å². The molecule has 0 unspecified atom stereocenters. The molecule has 158 valence electrons. The molecule has 0 bridgehead atoms. The summed E-state index contributed by atoms with van der Waals surface area (Å²) in [5.41, 5.74) is 8.67. The maximum atomic E-state index is 5.04. The highest BCUT2D eigenvalue weighted by Crippen LogP contribution is 2.40. The lowest BCUT2D eigenvalue weighted by atomic mass is 10.1. The number of hydrogen-bond acceptors (Lipinski definition) is 3. The van der Waals surface area contributed by atoms with Crippen LogP contribution in [-0.2, 0) is 0 Å². The number of rotatable bonds is 4. The lowest BCUT2D eigenvalue weighted by Crippen LogP contribution is -1.99. The van der Waals surface area contributed by atoms with Crippen molar-refractivity contribution in [2.75, 3.05) is 0 Å². The van der Waals surface area contributed by atoms with Gasteiger partial charge in [0.1, 0.15) is 5.69 Å². The first-order valence-corrected chi connectivity index (χ1v) is 12.1. The van der Waals surface area contributed by atoms with Crippen LogP contribution in [0.4, 0.5) is 0 Å². The minimum absolute atomic E-state index is 0.857. The Kier molecular flexibility index (Phi) is 5.53. The molecule has 0 aliphatic rings. The van der Waals surface area contributed by atoms with Crippen molar-refractivity contribution in [1.29, 1.82) is 0 Å².